The van der Waals surface area contributed by atoms with Gasteiger partial charge in [0.15, 0.2) is 0 Å². The van der Waals surface area contributed by atoms with Crippen LogP contribution in [0.4, 0.5) is 8.78 Å². The number of rotatable bonds is 6. The predicted octanol–water partition coefficient (Wildman–Crippen LogP) is 5.48. The van der Waals surface area contributed by atoms with E-state index in [9.17, 15) is 13.6 Å². The van der Waals surface area contributed by atoms with Crippen molar-refractivity contribution in [2.24, 2.45) is 0 Å². The van der Waals surface area contributed by atoms with Crippen molar-refractivity contribution in [1.29, 1.82) is 0 Å². The Labute approximate surface area is 169 Å². The first-order chi connectivity index (χ1) is 14.1. The van der Waals surface area contributed by atoms with Gasteiger partial charge in [-0.2, -0.15) is 0 Å². The van der Waals surface area contributed by atoms with E-state index < -0.39 is 17.5 Å². The van der Waals surface area contributed by atoms with Crippen LogP contribution in [-0.4, -0.2) is 26.9 Å². The molecule has 1 fully saturated rings. The molecule has 0 radical (unpaired) electrons. The van der Waals surface area contributed by atoms with Crippen molar-refractivity contribution in [3.63, 3.8) is 0 Å². The van der Waals surface area contributed by atoms with Gasteiger partial charge in [-0.1, -0.05) is 31.9 Å². The zero-order valence-corrected chi connectivity index (χ0v) is 16.6. The van der Waals surface area contributed by atoms with Crippen molar-refractivity contribution in [3.05, 3.63) is 65.5 Å². The van der Waals surface area contributed by atoms with E-state index in [1.807, 2.05) is 25.1 Å². The average molecular weight is 397 g/mol. The van der Waals surface area contributed by atoms with Crippen LogP contribution in [-0.2, 0) is 6.54 Å². The summed E-state index contributed by atoms with van der Waals surface area (Å²) in [6.45, 7) is 2.68. The quantitative estimate of drug-likeness (QED) is 0.552. The zero-order chi connectivity index (χ0) is 20.4. The number of para-hydroxylation sites is 2. The van der Waals surface area contributed by atoms with Crippen LogP contribution in [0.2, 0.25) is 0 Å². The van der Waals surface area contributed by atoms with E-state index in [0.717, 1.165) is 47.9 Å². The molecule has 2 aromatic carbocycles. The maximum absolute atomic E-state index is 14.2. The van der Waals surface area contributed by atoms with Crippen molar-refractivity contribution in [1.82, 2.24) is 14.5 Å². The third kappa shape index (κ3) is 3.88. The number of benzene rings is 2. The number of amides is 1. The molecule has 4 rings (SSSR count). The molecule has 1 aromatic heterocycles. The zero-order valence-electron chi connectivity index (χ0n) is 16.6. The van der Waals surface area contributed by atoms with Crippen molar-refractivity contribution in [2.45, 2.75) is 51.6 Å². The molecule has 1 heterocycles. The van der Waals surface area contributed by atoms with Gasteiger partial charge in [0.2, 0.25) is 0 Å². The molecule has 0 bridgehead atoms. The molecule has 0 unspecified atom stereocenters. The van der Waals surface area contributed by atoms with Crippen LogP contribution >= 0.6 is 0 Å². The highest BCUT2D eigenvalue weighted by Crippen LogP contribution is 2.34. The lowest BCUT2D eigenvalue weighted by Gasteiger charge is -2.24. The Morgan fingerprint density at radius 3 is 2.69 bits per heavy atom. The number of fused-ring (bicyclic) bond motifs is 1. The monoisotopic (exact) mass is 397 g/mol. The Morgan fingerprint density at radius 1 is 1.17 bits per heavy atom. The van der Waals surface area contributed by atoms with Crippen LogP contribution in [0.5, 0.6) is 0 Å². The number of hydrogen-bond acceptors (Lipinski definition) is 2. The molecule has 1 aliphatic rings. The number of carbonyl (C=O) groups excluding carboxylic acids is 1. The van der Waals surface area contributed by atoms with Crippen LogP contribution in [0, 0.1) is 11.6 Å². The Bertz CT molecular complexity index is 1020. The smallest absolute Gasteiger partial charge is 0.257 e. The summed E-state index contributed by atoms with van der Waals surface area (Å²) < 4.78 is 30.1. The molecule has 6 heteroatoms. The van der Waals surface area contributed by atoms with Gasteiger partial charge >= 0.3 is 0 Å². The molecule has 1 amide bonds. The molecule has 0 aliphatic heterocycles. The van der Waals surface area contributed by atoms with Gasteiger partial charge in [0.1, 0.15) is 17.5 Å². The standard InChI is InChI=1S/C23H25F2N3O/c1-2-13-27(23(29)18-14-16(24)11-12-19(18)25)15-22-26-20-9-5-6-10-21(20)28(22)17-7-3-4-8-17/h5-6,9-12,14,17H,2-4,7-8,13,15H2,1H3. The normalized spacial score (nSPS) is 14.6. The molecule has 29 heavy (non-hydrogen) atoms. The van der Waals surface area contributed by atoms with E-state index in [4.69, 9.17) is 4.98 Å². The molecule has 0 N–H and O–H groups in total. The van der Waals surface area contributed by atoms with Gasteiger partial charge in [0, 0.05) is 12.6 Å². The Balaban J connectivity index is 1.71. The lowest BCUT2D eigenvalue weighted by Crippen LogP contribution is -2.33. The Hall–Kier alpha value is -2.76. The molecule has 3 aromatic rings. The van der Waals surface area contributed by atoms with Crippen molar-refractivity contribution >= 4 is 16.9 Å². The second-order valence-corrected chi connectivity index (χ2v) is 7.68. The Morgan fingerprint density at radius 2 is 1.93 bits per heavy atom. The summed E-state index contributed by atoms with van der Waals surface area (Å²) in [5, 5.41) is 0. The van der Waals surface area contributed by atoms with Crippen LogP contribution in [0.15, 0.2) is 42.5 Å². The van der Waals surface area contributed by atoms with Crippen LogP contribution in [0.25, 0.3) is 11.0 Å². The minimum Gasteiger partial charge on any atom is -0.331 e. The summed E-state index contributed by atoms with van der Waals surface area (Å²) in [5.74, 6) is -1.03. The molecule has 152 valence electrons. The summed E-state index contributed by atoms with van der Waals surface area (Å²) in [4.78, 5) is 19.4. The van der Waals surface area contributed by atoms with E-state index in [0.29, 0.717) is 19.0 Å². The minimum atomic E-state index is -0.707. The molecular weight excluding hydrogens is 372 g/mol. The maximum atomic E-state index is 14.2. The first kappa shape index (κ1) is 19.6. The number of nitrogens with zero attached hydrogens (tertiary/aromatic N) is 3. The predicted molar refractivity (Wildman–Crippen MR) is 109 cm³/mol. The molecule has 1 saturated carbocycles. The van der Waals surface area contributed by atoms with Crippen molar-refractivity contribution < 1.29 is 13.6 Å². The van der Waals surface area contributed by atoms with Crippen LogP contribution in [0.1, 0.15) is 61.3 Å². The lowest BCUT2D eigenvalue weighted by molar-refractivity contribution is 0.0731. The highest BCUT2D eigenvalue weighted by atomic mass is 19.1. The number of imidazole rings is 1. The fraction of sp³-hybridized carbons (Fsp3) is 0.391. The highest BCUT2D eigenvalue weighted by Gasteiger charge is 2.26. The molecule has 4 nitrogen and oxygen atoms in total. The molecule has 0 atom stereocenters. The van der Waals surface area contributed by atoms with Gasteiger partial charge in [0.25, 0.3) is 5.91 Å². The number of hydrogen-bond donors (Lipinski definition) is 0. The minimum absolute atomic E-state index is 0.234. The first-order valence-corrected chi connectivity index (χ1v) is 10.3. The number of halogens is 2. The number of carbonyl (C=O) groups is 1. The fourth-order valence-corrected chi connectivity index (χ4v) is 4.30. The van der Waals surface area contributed by atoms with E-state index >= 15 is 0 Å². The summed E-state index contributed by atoms with van der Waals surface area (Å²) in [6, 6.07) is 11.3. The third-order valence-corrected chi connectivity index (χ3v) is 5.63. The van der Waals surface area contributed by atoms with Gasteiger partial charge in [-0.05, 0) is 49.6 Å². The maximum Gasteiger partial charge on any atom is 0.257 e. The van der Waals surface area contributed by atoms with Crippen LogP contribution in [0.3, 0.4) is 0 Å². The van der Waals surface area contributed by atoms with Crippen molar-refractivity contribution in [2.75, 3.05) is 6.54 Å². The molecule has 1 aliphatic carbocycles. The molecular formula is C23H25F2N3O. The van der Waals surface area contributed by atoms with Gasteiger partial charge in [-0.25, -0.2) is 13.8 Å². The molecule has 0 saturated heterocycles. The van der Waals surface area contributed by atoms with Gasteiger partial charge in [-0.3, -0.25) is 4.79 Å². The number of aromatic nitrogens is 2. The average Bonchev–Trinajstić information content (AvgIpc) is 3.36. The van der Waals surface area contributed by atoms with E-state index in [1.54, 1.807) is 4.90 Å². The van der Waals surface area contributed by atoms with E-state index in [1.165, 1.54) is 12.8 Å². The second-order valence-electron chi connectivity index (χ2n) is 7.68. The molecule has 0 spiro atoms. The second kappa shape index (κ2) is 8.31. The van der Waals surface area contributed by atoms with Gasteiger partial charge in [0.05, 0.1) is 23.1 Å². The lowest BCUT2D eigenvalue weighted by atomic mass is 10.1. The summed E-state index contributed by atoms with van der Waals surface area (Å²) >= 11 is 0. The van der Waals surface area contributed by atoms with Crippen molar-refractivity contribution in [3.8, 4) is 0 Å². The first-order valence-electron chi connectivity index (χ1n) is 10.3. The summed E-state index contributed by atoms with van der Waals surface area (Å²) in [5.41, 5.74) is 1.73. The fourth-order valence-electron chi connectivity index (χ4n) is 4.30. The summed E-state index contributed by atoms with van der Waals surface area (Å²) in [6.07, 6.45) is 5.26. The SMILES string of the molecule is CCCN(Cc1nc2ccccc2n1C1CCCC1)C(=O)c1cc(F)ccc1F. The third-order valence-electron chi connectivity index (χ3n) is 5.63. The largest absolute Gasteiger partial charge is 0.331 e. The van der Waals surface area contributed by atoms with Gasteiger partial charge in [-0.15, -0.1) is 0 Å². The topological polar surface area (TPSA) is 38.1 Å². The van der Waals surface area contributed by atoms with Gasteiger partial charge < -0.3 is 9.47 Å². The van der Waals surface area contributed by atoms with E-state index in [-0.39, 0.29) is 12.1 Å². The Kier molecular flexibility index (Phi) is 5.60. The highest BCUT2D eigenvalue weighted by molar-refractivity contribution is 5.94. The van der Waals surface area contributed by atoms with E-state index in [2.05, 4.69) is 10.6 Å². The summed E-state index contributed by atoms with van der Waals surface area (Å²) in [7, 11) is 0. The van der Waals surface area contributed by atoms with Crippen LogP contribution < -0.4 is 0 Å².